The molecular formula is C18H24FN4O+. The number of carbonyl (C=O) groups is 1. The van der Waals surface area contributed by atoms with Crippen LogP contribution in [-0.2, 0) is 0 Å². The summed E-state index contributed by atoms with van der Waals surface area (Å²) in [6.45, 7) is 3.35. The van der Waals surface area contributed by atoms with Gasteiger partial charge in [-0.2, -0.15) is 5.10 Å². The van der Waals surface area contributed by atoms with Crippen LogP contribution >= 0.6 is 0 Å². The van der Waals surface area contributed by atoms with Crippen molar-refractivity contribution in [2.75, 3.05) is 27.2 Å². The molecule has 0 unspecified atom stereocenters. The van der Waals surface area contributed by atoms with E-state index in [1.54, 1.807) is 16.8 Å². The van der Waals surface area contributed by atoms with Crippen molar-refractivity contribution in [3.8, 4) is 5.69 Å². The molecule has 1 heterocycles. The number of amides is 1. The summed E-state index contributed by atoms with van der Waals surface area (Å²) < 4.78 is 15.2. The predicted molar refractivity (Wildman–Crippen MR) is 90.2 cm³/mol. The van der Waals surface area contributed by atoms with E-state index in [9.17, 15) is 9.18 Å². The highest BCUT2D eigenvalue weighted by Crippen LogP contribution is 2.42. The largest absolute Gasteiger partial charge is 0.346 e. The van der Waals surface area contributed by atoms with Gasteiger partial charge in [-0.05, 0) is 38.0 Å². The first kappa shape index (κ1) is 16.6. The first-order valence-corrected chi connectivity index (χ1v) is 8.40. The molecule has 2 N–H and O–H groups in total. The summed E-state index contributed by atoms with van der Waals surface area (Å²) >= 11 is 0. The molecule has 6 heteroatoms. The van der Waals surface area contributed by atoms with Gasteiger partial charge in [0.15, 0.2) is 0 Å². The fourth-order valence-electron chi connectivity index (χ4n) is 2.82. The first-order chi connectivity index (χ1) is 11.5. The number of rotatable bonds is 6. The highest BCUT2D eigenvalue weighted by Gasteiger charge is 2.33. The number of quaternary nitrogens is 1. The Bertz CT molecular complexity index is 749. The Balaban J connectivity index is 1.92. The van der Waals surface area contributed by atoms with E-state index in [1.807, 2.05) is 6.92 Å². The molecule has 0 atom stereocenters. The molecule has 24 heavy (non-hydrogen) atoms. The molecule has 1 saturated carbocycles. The molecule has 1 fully saturated rings. The monoisotopic (exact) mass is 331 g/mol. The zero-order valence-corrected chi connectivity index (χ0v) is 14.4. The maximum Gasteiger partial charge on any atom is 0.255 e. The minimum absolute atomic E-state index is 0.0849. The Morgan fingerprint density at radius 3 is 2.79 bits per heavy atom. The third kappa shape index (κ3) is 3.48. The Morgan fingerprint density at radius 1 is 1.42 bits per heavy atom. The summed E-state index contributed by atoms with van der Waals surface area (Å²) in [4.78, 5) is 13.9. The second-order valence-electron chi connectivity index (χ2n) is 6.72. The molecule has 0 spiro atoms. The Kier molecular flexibility index (Phi) is 4.66. The van der Waals surface area contributed by atoms with Crippen molar-refractivity contribution in [3.63, 3.8) is 0 Å². The van der Waals surface area contributed by atoms with Crippen molar-refractivity contribution in [1.29, 1.82) is 0 Å². The van der Waals surface area contributed by atoms with Crippen molar-refractivity contribution in [2.45, 2.75) is 25.7 Å². The van der Waals surface area contributed by atoms with E-state index >= 15 is 0 Å². The number of nitrogens with zero attached hydrogens (tertiary/aromatic N) is 2. The molecule has 0 bridgehead atoms. The number of halogens is 1. The number of hydrogen-bond acceptors (Lipinski definition) is 2. The van der Waals surface area contributed by atoms with E-state index in [-0.39, 0.29) is 11.7 Å². The SMILES string of the molecule is Cc1c(C(=O)NCC[NH+](C)C)c(C2CC2)nn1-c1cccc(F)c1. The Morgan fingerprint density at radius 2 is 2.17 bits per heavy atom. The topological polar surface area (TPSA) is 51.4 Å². The van der Waals surface area contributed by atoms with Crippen LogP contribution in [0.3, 0.4) is 0 Å². The second-order valence-corrected chi connectivity index (χ2v) is 6.72. The van der Waals surface area contributed by atoms with E-state index in [4.69, 9.17) is 0 Å². The molecule has 0 saturated heterocycles. The summed E-state index contributed by atoms with van der Waals surface area (Å²) in [7, 11) is 4.10. The van der Waals surface area contributed by atoms with Crippen LogP contribution in [0.25, 0.3) is 5.69 Å². The van der Waals surface area contributed by atoms with Crippen molar-refractivity contribution in [3.05, 3.63) is 47.0 Å². The first-order valence-electron chi connectivity index (χ1n) is 8.40. The molecule has 1 aromatic carbocycles. The smallest absolute Gasteiger partial charge is 0.255 e. The van der Waals surface area contributed by atoms with Gasteiger partial charge in [0.1, 0.15) is 5.82 Å². The maximum absolute atomic E-state index is 13.5. The van der Waals surface area contributed by atoms with Gasteiger partial charge in [-0.1, -0.05) is 6.07 Å². The summed E-state index contributed by atoms with van der Waals surface area (Å²) in [6, 6.07) is 6.30. The van der Waals surface area contributed by atoms with Gasteiger partial charge in [0.2, 0.25) is 0 Å². The van der Waals surface area contributed by atoms with Crippen LogP contribution in [0.4, 0.5) is 4.39 Å². The lowest BCUT2D eigenvalue weighted by atomic mass is 10.1. The molecule has 1 aliphatic rings. The van der Waals surface area contributed by atoms with E-state index in [0.717, 1.165) is 30.8 Å². The molecule has 0 aliphatic heterocycles. The summed E-state index contributed by atoms with van der Waals surface area (Å²) in [5.74, 6) is -0.0487. The molecular weight excluding hydrogens is 307 g/mol. The number of benzene rings is 1. The number of carbonyl (C=O) groups excluding carboxylic acids is 1. The van der Waals surface area contributed by atoms with Crippen LogP contribution in [-0.4, -0.2) is 42.9 Å². The average molecular weight is 331 g/mol. The number of aromatic nitrogens is 2. The van der Waals surface area contributed by atoms with Crippen LogP contribution in [0.15, 0.2) is 24.3 Å². The van der Waals surface area contributed by atoms with Gasteiger partial charge in [-0.25, -0.2) is 9.07 Å². The minimum atomic E-state index is -0.310. The summed E-state index contributed by atoms with van der Waals surface area (Å²) in [5.41, 5.74) is 2.89. The van der Waals surface area contributed by atoms with Crippen molar-refractivity contribution in [1.82, 2.24) is 15.1 Å². The third-order valence-electron chi connectivity index (χ3n) is 4.30. The van der Waals surface area contributed by atoms with Crippen LogP contribution in [0.1, 0.15) is 40.5 Å². The van der Waals surface area contributed by atoms with Crippen LogP contribution < -0.4 is 10.2 Å². The molecule has 0 radical (unpaired) electrons. The van der Waals surface area contributed by atoms with Gasteiger partial charge in [0.05, 0.1) is 49.8 Å². The van der Waals surface area contributed by atoms with Crippen LogP contribution in [0.5, 0.6) is 0 Å². The fourth-order valence-corrected chi connectivity index (χ4v) is 2.82. The minimum Gasteiger partial charge on any atom is -0.346 e. The fraction of sp³-hybridized carbons (Fsp3) is 0.444. The van der Waals surface area contributed by atoms with E-state index in [1.165, 1.54) is 17.0 Å². The Labute approximate surface area is 141 Å². The van der Waals surface area contributed by atoms with Crippen LogP contribution in [0, 0.1) is 12.7 Å². The van der Waals surface area contributed by atoms with Crippen molar-refractivity contribution >= 4 is 5.91 Å². The van der Waals surface area contributed by atoms with Gasteiger partial charge >= 0.3 is 0 Å². The third-order valence-corrected chi connectivity index (χ3v) is 4.30. The quantitative estimate of drug-likeness (QED) is 0.832. The average Bonchev–Trinajstić information content (AvgIpc) is 3.30. The normalized spacial score (nSPS) is 14.2. The van der Waals surface area contributed by atoms with E-state index in [0.29, 0.717) is 23.7 Å². The van der Waals surface area contributed by atoms with Gasteiger partial charge in [-0.15, -0.1) is 0 Å². The lowest BCUT2D eigenvalue weighted by molar-refractivity contribution is -0.856. The molecule has 1 aromatic heterocycles. The van der Waals surface area contributed by atoms with E-state index < -0.39 is 0 Å². The molecule has 3 rings (SSSR count). The van der Waals surface area contributed by atoms with Gasteiger partial charge < -0.3 is 10.2 Å². The van der Waals surface area contributed by atoms with Crippen molar-refractivity contribution < 1.29 is 14.1 Å². The highest BCUT2D eigenvalue weighted by molar-refractivity contribution is 5.97. The summed E-state index contributed by atoms with van der Waals surface area (Å²) in [5, 5.41) is 7.61. The lowest BCUT2D eigenvalue weighted by Crippen LogP contribution is -3.06. The number of hydrogen-bond donors (Lipinski definition) is 2. The molecule has 1 aliphatic carbocycles. The molecule has 1 amide bonds. The number of likely N-dealkylation sites (N-methyl/N-ethyl adjacent to an activating group) is 1. The number of nitrogens with one attached hydrogen (secondary N) is 2. The Hall–Kier alpha value is -2.21. The van der Waals surface area contributed by atoms with E-state index in [2.05, 4.69) is 24.5 Å². The van der Waals surface area contributed by atoms with Gasteiger partial charge in [0, 0.05) is 5.92 Å². The van der Waals surface area contributed by atoms with Gasteiger partial charge in [-0.3, -0.25) is 4.79 Å². The zero-order valence-electron chi connectivity index (χ0n) is 14.4. The molecule has 2 aromatic rings. The maximum atomic E-state index is 13.5. The summed E-state index contributed by atoms with van der Waals surface area (Å²) in [6.07, 6.45) is 2.11. The predicted octanol–water partition coefficient (Wildman–Crippen LogP) is 1.07. The molecule has 128 valence electrons. The molecule has 5 nitrogen and oxygen atoms in total. The highest BCUT2D eigenvalue weighted by atomic mass is 19.1. The van der Waals surface area contributed by atoms with Gasteiger partial charge in [0.25, 0.3) is 5.91 Å². The van der Waals surface area contributed by atoms with Crippen molar-refractivity contribution in [2.24, 2.45) is 0 Å². The standard InChI is InChI=1S/C18H23FN4O/c1-12-16(18(24)20-9-10-22(2)3)17(13-7-8-13)21-23(12)15-6-4-5-14(19)11-15/h4-6,11,13H,7-10H2,1-3H3,(H,20,24)/p+1. The lowest BCUT2D eigenvalue weighted by Gasteiger charge is -2.09. The second kappa shape index (κ2) is 6.73. The zero-order chi connectivity index (χ0) is 17.3. The van der Waals surface area contributed by atoms with Crippen LogP contribution in [0.2, 0.25) is 0 Å².